The zero-order valence-electron chi connectivity index (χ0n) is 9.69. The van der Waals surface area contributed by atoms with E-state index in [1.54, 1.807) is 0 Å². The van der Waals surface area contributed by atoms with Crippen LogP contribution in [0.4, 0.5) is 8.78 Å². The van der Waals surface area contributed by atoms with E-state index in [1.165, 1.54) is 18.2 Å². The van der Waals surface area contributed by atoms with Gasteiger partial charge in [-0.3, -0.25) is 0 Å². The van der Waals surface area contributed by atoms with Gasteiger partial charge in [-0.15, -0.1) is 0 Å². The topological polar surface area (TPSA) is 12.0 Å². The fourth-order valence-corrected chi connectivity index (χ4v) is 2.07. The number of hydrogen-bond donors (Lipinski definition) is 1. The van der Waals surface area contributed by atoms with Gasteiger partial charge in [0, 0.05) is 23.6 Å². The van der Waals surface area contributed by atoms with Gasteiger partial charge >= 0.3 is 0 Å². The van der Waals surface area contributed by atoms with E-state index >= 15 is 0 Å². The van der Waals surface area contributed by atoms with E-state index in [-0.39, 0.29) is 11.0 Å². The molecule has 1 aromatic carbocycles. The second-order valence-electron chi connectivity index (χ2n) is 4.91. The smallest absolute Gasteiger partial charge is 0.129 e. The van der Waals surface area contributed by atoms with E-state index < -0.39 is 11.6 Å². The molecule has 1 aliphatic rings. The first-order valence-electron chi connectivity index (χ1n) is 5.73. The van der Waals surface area contributed by atoms with Crippen LogP contribution in [0, 0.1) is 11.6 Å². The summed E-state index contributed by atoms with van der Waals surface area (Å²) < 4.78 is 27.3. The molecule has 1 aliphatic carbocycles. The maximum Gasteiger partial charge on any atom is 0.129 e. The van der Waals surface area contributed by atoms with Crippen LogP contribution in [-0.4, -0.2) is 12.6 Å². The number of rotatable bonds is 4. The third-order valence-corrected chi connectivity index (χ3v) is 3.20. The van der Waals surface area contributed by atoms with Crippen molar-refractivity contribution in [3.63, 3.8) is 0 Å². The van der Waals surface area contributed by atoms with Crippen LogP contribution in [0.5, 0.6) is 0 Å². The first-order valence-corrected chi connectivity index (χ1v) is 5.73. The fraction of sp³-hybridized carbons (Fsp3) is 0.538. The van der Waals surface area contributed by atoms with E-state index in [4.69, 9.17) is 0 Å². The maximum absolute atomic E-state index is 13.6. The molecule has 1 fully saturated rings. The van der Waals surface area contributed by atoms with Gasteiger partial charge in [0.25, 0.3) is 0 Å². The summed E-state index contributed by atoms with van der Waals surface area (Å²) in [5.41, 5.74) is -0.0391. The second kappa shape index (κ2) is 4.13. The molecule has 0 heterocycles. The van der Waals surface area contributed by atoms with Crippen LogP contribution in [-0.2, 0) is 5.41 Å². The Morgan fingerprint density at radius 1 is 1.25 bits per heavy atom. The van der Waals surface area contributed by atoms with Gasteiger partial charge in [-0.05, 0) is 25.0 Å². The molecular weight excluding hydrogens is 208 g/mol. The highest BCUT2D eigenvalue weighted by Gasteiger charge is 2.47. The van der Waals surface area contributed by atoms with Crippen LogP contribution in [0.15, 0.2) is 18.2 Å². The Kier molecular flexibility index (Phi) is 2.98. The molecule has 0 atom stereocenters. The molecule has 0 aromatic heterocycles. The highest BCUT2D eigenvalue weighted by Crippen LogP contribution is 2.49. The van der Waals surface area contributed by atoms with Gasteiger partial charge in [0.1, 0.15) is 11.6 Å². The highest BCUT2D eigenvalue weighted by molar-refractivity contribution is 5.34. The monoisotopic (exact) mass is 225 g/mol. The average Bonchev–Trinajstić information content (AvgIpc) is 2.96. The van der Waals surface area contributed by atoms with Gasteiger partial charge in [-0.1, -0.05) is 19.9 Å². The number of hydrogen-bond acceptors (Lipinski definition) is 1. The average molecular weight is 225 g/mol. The maximum atomic E-state index is 13.6. The van der Waals surface area contributed by atoms with E-state index in [9.17, 15) is 8.78 Å². The quantitative estimate of drug-likeness (QED) is 0.830. The Morgan fingerprint density at radius 2 is 1.81 bits per heavy atom. The number of halogens is 2. The molecule has 0 spiro atoms. The molecule has 0 unspecified atom stereocenters. The van der Waals surface area contributed by atoms with Crippen LogP contribution in [0.2, 0.25) is 0 Å². The van der Waals surface area contributed by atoms with Crippen molar-refractivity contribution in [1.29, 1.82) is 0 Å². The summed E-state index contributed by atoms with van der Waals surface area (Å²) in [6.07, 6.45) is 1.73. The molecule has 0 radical (unpaired) electrons. The number of nitrogens with one attached hydrogen (secondary N) is 1. The predicted molar refractivity (Wildman–Crippen MR) is 60.4 cm³/mol. The molecule has 0 amide bonds. The lowest BCUT2D eigenvalue weighted by Gasteiger charge is -2.19. The molecule has 1 aromatic rings. The van der Waals surface area contributed by atoms with Crippen molar-refractivity contribution in [3.05, 3.63) is 35.4 Å². The third-order valence-electron chi connectivity index (χ3n) is 3.20. The van der Waals surface area contributed by atoms with E-state index in [1.807, 2.05) is 13.8 Å². The van der Waals surface area contributed by atoms with Crippen LogP contribution in [0.1, 0.15) is 32.3 Å². The number of benzene rings is 1. The lowest BCUT2D eigenvalue weighted by Crippen LogP contribution is -2.33. The molecule has 0 aliphatic heterocycles. The van der Waals surface area contributed by atoms with Gasteiger partial charge in [0.15, 0.2) is 0 Å². The van der Waals surface area contributed by atoms with Crippen molar-refractivity contribution in [2.24, 2.45) is 0 Å². The minimum Gasteiger partial charge on any atom is -0.314 e. The summed E-state index contributed by atoms with van der Waals surface area (Å²) in [7, 11) is 0. The molecule has 1 nitrogen and oxygen atoms in total. The Hall–Kier alpha value is -0.960. The van der Waals surface area contributed by atoms with E-state index in [0.29, 0.717) is 12.6 Å². The zero-order chi connectivity index (χ0) is 11.8. The Labute approximate surface area is 94.9 Å². The summed E-state index contributed by atoms with van der Waals surface area (Å²) in [6.45, 7) is 4.73. The molecular formula is C13H17F2N. The third kappa shape index (κ3) is 2.09. The molecule has 16 heavy (non-hydrogen) atoms. The van der Waals surface area contributed by atoms with Crippen molar-refractivity contribution in [1.82, 2.24) is 5.32 Å². The lowest BCUT2D eigenvalue weighted by molar-refractivity contribution is 0.470. The minimum absolute atomic E-state index is 0.267. The van der Waals surface area contributed by atoms with Crippen LogP contribution < -0.4 is 5.32 Å². The Balaban J connectivity index is 2.23. The molecule has 3 heteroatoms. The molecule has 0 saturated heterocycles. The highest BCUT2D eigenvalue weighted by atomic mass is 19.1. The summed E-state index contributed by atoms with van der Waals surface area (Å²) in [5.74, 6) is -0.828. The van der Waals surface area contributed by atoms with Crippen LogP contribution >= 0.6 is 0 Å². The zero-order valence-corrected chi connectivity index (χ0v) is 9.69. The van der Waals surface area contributed by atoms with Crippen LogP contribution in [0.25, 0.3) is 0 Å². The SMILES string of the molecule is CC(C)NCC1(c2c(F)cccc2F)CC1. The Morgan fingerprint density at radius 3 is 2.25 bits per heavy atom. The fourth-order valence-electron chi connectivity index (χ4n) is 2.07. The largest absolute Gasteiger partial charge is 0.314 e. The summed E-state index contributed by atoms with van der Waals surface area (Å²) in [6, 6.07) is 4.44. The molecule has 1 N–H and O–H groups in total. The van der Waals surface area contributed by atoms with Gasteiger partial charge in [0.2, 0.25) is 0 Å². The van der Waals surface area contributed by atoms with Crippen molar-refractivity contribution < 1.29 is 8.78 Å². The van der Waals surface area contributed by atoms with Gasteiger partial charge < -0.3 is 5.32 Å². The molecule has 2 rings (SSSR count). The van der Waals surface area contributed by atoms with Gasteiger partial charge in [-0.25, -0.2) is 8.78 Å². The predicted octanol–water partition coefficient (Wildman–Crippen LogP) is 2.99. The summed E-state index contributed by atoms with van der Waals surface area (Å²) in [4.78, 5) is 0. The summed E-state index contributed by atoms with van der Waals surface area (Å²) >= 11 is 0. The Bertz CT molecular complexity index is 363. The molecule has 88 valence electrons. The summed E-state index contributed by atoms with van der Waals surface area (Å²) in [5, 5.41) is 3.27. The van der Waals surface area contributed by atoms with E-state index in [0.717, 1.165) is 12.8 Å². The standard InChI is InChI=1S/C13H17F2N/c1-9(2)16-8-13(6-7-13)12-10(14)4-3-5-11(12)15/h3-5,9,16H,6-8H2,1-2H3. The molecule has 0 bridgehead atoms. The first-order chi connectivity index (χ1) is 7.55. The lowest BCUT2D eigenvalue weighted by atomic mass is 9.94. The van der Waals surface area contributed by atoms with Crippen molar-refractivity contribution in [2.45, 2.75) is 38.1 Å². The van der Waals surface area contributed by atoms with Crippen molar-refractivity contribution >= 4 is 0 Å². The normalized spacial score (nSPS) is 17.8. The van der Waals surface area contributed by atoms with Gasteiger partial charge in [-0.2, -0.15) is 0 Å². The van der Waals surface area contributed by atoms with Crippen molar-refractivity contribution in [2.75, 3.05) is 6.54 Å². The van der Waals surface area contributed by atoms with Gasteiger partial charge in [0.05, 0.1) is 0 Å². The second-order valence-corrected chi connectivity index (χ2v) is 4.91. The molecule has 1 saturated carbocycles. The van der Waals surface area contributed by atoms with Crippen LogP contribution in [0.3, 0.4) is 0 Å². The van der Waals surface area contributed by atoms with Crippen molar-refractivity contribution in [3.8, 4) is 0 Å². The minimum atomic E-state index is -0.414. The van der Waals surface area contributed by atoms with E-state index in [2.05, 4.69) is 5.32 Å². The first kappa shape index (κ1) is 11.5.